The smallest absolute Gasteiger partial charge is 0.227 e. The Kier molecular flexibility index (Phi) is 5.93. The van der Waals surface area contributed by atoms with Crippen molar-refractivity contribution in [3.8, 4) is 5.75 Å². The topological polar surface area (TPSA) is 53.5 Å². The highest BCUT2D eigenvalue weighted by Crippen LogP contribution is 2.28. The Morgan fingerprint density at radius 3 is 2.54 bits per heavy atom. The fourth-order valence-corrected chi connectivity index (χ4v) is 3.09. The first-order valence-corrected chi connectivity index (χ1v) is 9.41. The molecule has 0 amide bonds. The summed E-state index contributed by atoms with van der Waals surface area (Å²) in [6.45, 7) is 13.4. The zero-order valence-electron chi connectivity index (χ0n) is 16.2. The number of ether oxygens (including phenoxy) is 1. The van der Waals surface area contributed by atoms with Crippen LogP contribution in [0.3, 0.4) is 0 Å². The summed E-state index contributed by atoms with van der Waals surface area (Å²) in [5, 5.41) is 3.40. The SMILES string of the molecule is CCN1CCN(c2nc(C)cc(Nc3ccccc3OC(C)C)n2)CC1. The highest BCUT2D eigenvalue weighted by Gasteiger charge is 2.19. The molecule has 0 aliphatic carbocycles. The van der Waals surface area contributed by atoms with Crippen LogP contribution in [0.1, 0.15) is 26.5 Å². The van der Waals surface area contributed by atoms with Crippen LogP contribution in [-0.4, -0.2) is 53.7 Å². The Hall–Kier alpha value is -2.34. The van der Waals surface area contributed by atoms with Crippen LogP contribution in [0.15, 0.2) is 30.3 Å². The van der Waals surface area contributed by atoms with Crippen molar-refractivity contribution >= 4 is 17.5 Å². The maximum atomic E-state index is 5.90. The third-order valence-electron chi connectivity index (χ3n) is 4.46. The van der Waals surface area contributed by atoms with E-state index in [-0.39, 0.29) is 6.10 Å². The maximum absolute atomic E-state index is 5.90. The van der Waals surface area contributed by atoms with Crippen LogP contribution in [0.2, 0.25) is 0 Å². The summed E-state index contributed by atoms with van der Waals surface area (Å²) < 4.78 is 5.90. The van der Waals surface area contributed by atoms with Crippen LogP contribution in [0.4, 0.5) is 17.5 Å². The van der Waals surface area contributed by atoms with E-state index in [9.17, 15) is 0 Å². The van der Waals surface area contributed by atoms with Gasteiger partial charge in [-0.15, -0.1) is 0 Å². The molecule has 1 N–H and O–H groups in total. The maximum Gasteiger partial charge on any atom is 0.227 e. The minimum Gasteiger partial charge on any atom is -0.489 e. The van der Waals surface area contributed by atoms with Gasteiger partial charge in [0.05, 0.1) is 11.8 Å². The first-order chi connectivity index (χ1) is 12.5. The van der Waals surface area contributed by atoms with Gasteiger partial charge in [-0.25, -0.2) is 4.98 Å². The van der Waals surface area contributed by atoms with Crippen molar-refractivity contribution in [2.24, 2.45) is 0 Å². The quantitative estimate of drug-likeness (QED) is 0.856. The number of anilines is 3. The summed E-state index contributed by atoms with van der Waals surface area (Å²) in [6.07, 6.45) is 0.121. The van der Waals surface area contributed by atoms with E-state index in [1.54, 1.807) is 0 Å². The lowest BCUT2D eigenvalue weighted by Crippen LogP contribution is -2.46. The molecule has 0 saturated carbocycles. The van der Waals surface area contributed by atoms with Gasteiger partial charge >= 0.3 is 0 Å². The molecule has 0 bridgehead atoms. The molecule has 2 aromatic rings. The van der Waals surface area contributed by atoms with E-state index in [0.29, 0.717) is 0 Å². The Bertz CT molecular complexity index is 726. The van der Waals surface area contributed by atoms with Crippen LogP contribution in [0.5, 0.6) is 5.75 Å². The second-order valence-electron chi connectivity index (χ2n) is 6.90. The summed E-state index contributed by atoms with van der Waals surface area (Å²) in [4.78, 5) is 14.1. The molecule has 0 unspecified atom stereocenters. The van der Waals surface area contributed by atoms with E-state index >= 15 is 0 Å². The number of rotatable bonds is 6. The molecule has 0 spiro atoms. The number of nitrogens with one attached hydrogen (secondary N) is 1. The molecule has 2 heterocycles. The van der Waals surface area contributed by atoms with Crippen LogP contribution in [0.25, 0.3) is 0 Å². The van der Waals surface area contributed by atoms with Gasteiger partial charge in [0.25, 0.3) is 0 Å². The van der Waals surface area contributed by atoms with Crippen LogP contribution < -0.4 is 15.0 Å². The number of hydrogen-bond donors (Lipinski definition) is 1. The summed E-state index contributed by atoms with van der Waals surface area (Å²) in [6, 6.07) is 9.93. The van der Waals surface area contributed by atoms with Gasteiger partial charge in [0.15, 0.2) is 0 Å². The van der Waals surface area contributed by atoms with Crippen LogP contribution in [-0.2, 0) is 0 Å². The molecule has 0 atom stereocenters. The van der Waals surface area contributed by atoms with Gasteiger partial charge in [-0.05, 0) is 39.4 Å². The number of hydrogen-bond acceptors (Lipinski definition) is 6. The molecule has 26 heavy (non-hydrogen) atoms. The number of benzene rings is 1. The molecule has 1 saturated heterocycles. The summed E-state index contributed by atoms with van der Waals surface area (Å²) in [7, 11) is 0. The first-order valence-electron chi connectivity index (χ1n) is 9.41. The Morgan fingerprint density at radius 2 is 1.85 bits per heavy atom. The molecule has 1 aromatic heterocycles. The van der Waals surface area contributed by atoms with Gasteiger partial charge in [-0.3, -0.25) is 0 Å². The highest BCUT2D eigenvalue weighted by atomic mass is 16.5. The van der Waals surface area contributed by atoms with Crippen molar-refractivity contribution in [1.82, 2.24) is 14.9 Å². The predicted molar refractivity (Wildman–Crippen MR) is 107 cm³/mol. The number of likely N-dealkylation sites (N-methyl/N-ethyl adjacent to an activating group) is 1. The standard InChI is InChI=1S/C20H29N5O/c1-5-24-10-12-25(13-11-24)20-21-16(4)14-19(23-20)22-17-8-6-7-9-18(17)26-15(2)3/h6-9,14-15H,5,10-13H2,1-4H3,(H,21,22,23). The molecule has 140 valence electrons. The lowest BCUT2D eigenvalue weighted by Gasteiger charge is -2.34. The molecule has 6 nitrogen and oxygen atoms in total. The average molecular weight is 355 g/mol. The van der Waals surface area contributed by atoms with E-state index < -0.39 is 0 Å². The third kappa shape index (κ3) is 4.64. The monoisotopic (exact) mass is 355 g/mol. The zero-order chi connectivity index (χ0) is 18.5. The van der Waals surface area contributed by atoms with Crippen molar-refractivity contribution in [3.63, 3.8) is 0 Å². The van der Waals surface area contributed by atoms with Crippen LogP contribution in [0, 0.1) is 6.92 Å². The second-order valence-corrected chi connectivity index (χ2v) is 6.90. The van der Waals surface area contributed by atoms with E-state index in [4.69, 9.17) is 9.72 Å². The molecular weight excluding hydrogens is 326 g/mol. The number of nitrogens with zero attached hydrogens (tertiary/aromatic N) is 4. The van der Waals surface area contributed by atoms with Gasteiger partial charge in [0.1, 0.15) is 11.6 Å². The van der Waals surface area contributed by atoms with E-state index in [2.05, 4.69) is 27.0 Å². The van der Waals surface area contributed by atoms with E-state index in [1.807, 2.05) is 51.1 Å². The number of aryl methyl sites for hydroxylation is 1. The molecule has 1 aliphatic rings. The van der Waals surface area contributed by atoms with Gasteiger partial charge < -0.3 is 19.9 Å². The number of aromatic nitrogens is 2. The molecular formula is C20H29N5O. The number of piperazine rings is 1. The Morgan fingerprint density at radius 1 is 1.12 bits per heavy atom. The average Bonchev–Trinajstić information content (AvgIpc) is 2.62. The third-order valence-corrected chi connectivity index (χ3v) is 4.46. The summed E-state index contributed by atoms with van der Waals surface area (Å²) in [5.41, 5.74) is 1.87. The van der Waals surface area contributed by atoms with Gasteiger partial charge in [0.2, 0.25) is 5.95 Å². The molecule has 1 aliphatic heterocycles. The fourth-order valence-electron chi connectivity index (χ4n) is 3.09. The molecule has 1 aromatic carbocycles. The van der Waals surface area contributed by atoms with Gasteiger partial charge in [-0.1, -0.05) is 19.1 Å². The molecule has 0 radical (unpaired) electrons. The van der Waals surface area contributed by atoms with E-state index in [1.165, 1.54) is 0 Å². The Labute approximate surface area is 156 Å². The summed E-state index contributed by atoms with van der Waals surface area (Å²) in [5.74, 6) is 2.42. The van der Waals surface area contributed by atoms with Crippen molar-refractivity contribution in [3.05, 3.63) is 36.0 Å². The zero-order valence-corrected chi connectivity index (χ0v) is 16.2. The predicted octanol–water partition coefficient (Wildman–Crippen LogP) is 3.46. The van der Waals surface area contributed by atoms with Crippen LogP contribution >= 0.6 is 0 Å². The number of para-hydroxylation sites is 2. The lowest BCUT2D eigenvalue weighted by atomic mass is 10.2. The van der Waals surface area contributed by atoms with Crippen molar-refractivity contribution < 1.29 is 4.74 Å². The molecule has 1 fully saturated rings. The largest absolute Gasteiger partial charge is 0.489 e. The minimum absolute atomic E-state index is 0.121. The normalized spacial score (nSPS) is 15.3. The van der Waals surface area contributed by atoms with Crippen molar-refractivity contribution in [2.75, 3.05) is 42.9 Å². The molecule has 3 rings (SSSR count). The highest BCUT2D eigenvalue weighted by molar-refractivity contribution is 5.65. The minimum atomic E-state index is 0.121. The second kappa shape index (κ2) is 8.36. The van der Waals surface area contributed by atoms with Crippen molar-refractivity contribution in [1.29, 1.82) is 0 Å². The first kappa shape index (κ1) is 18.5. The van der Waals surface area contributed by atoms with E-state index in [0.717, 1.165) is 61.6 Å². The lowest BCUT2D eigenvalue weighted by molar-refractivity contribution is 0.244. The van der Waals surface area contributed by atoms with Gasteiger partial charge in [0, 0.05) is 37.9 Å². The van der Waals surface area contributed by atoms with Gasteiger partial charge in [-0.2, -0.15) is 4.98 Å². The van der Waals surface area contributed by atoms with Crippen molar-refractivity contribution in [2.45, 2.75) is 33.8 Å². The fraction of sp³-hybridized carbons (Fsp3) is 0.500. The summed E-state index contributed by atoms with van der Waals surface area (Å²) >= 11 is 0. The molecule has 6 heteroatoms. The Balaban J connectivity index is 1.79.